The van der Waals surface area contributed by atoms with Gasteiger partial charge >= 0.3 is 0 Å². The Morgan fingerprint density at radius 3 is 2.50 bits per heavy atom. The van der Waals surface area contributed by atoms with Gasteiger partial charge < -0.3 is 5.32 Å². The van der Waals surface area contributed by atoms with Crippen molar-refractivity contribution in [2.24, 2.45) is 5.92 Å². The molecule has 1 atom stereocenters. The van der Waals surface area contributed by atoms with Crippen molar-refractivity contribution in [1.29, 1.82) is 0 Å². The van der Waals surface area contributed by atoms with Crippen LogP contribution in [0, 0.1) is 5.92 Å². The molecule has 2 fully saturated rings. The predicted molar refractivity (Wildman–Crippen MR) is 48.0 cm³/mol. The molecule has 0 bridgehead atoms. The van der Waals surface area contributed by atoms with Crippen molar-refractivity contribution >= 4 is 5.78 Å². The van der Waals surface area contributed by atoms with Gasteiger partial charge in [-0.2, -0.15) is 0 Å². The van der Waals surface area contributed by atoms with Crippen molar-refractivity contribution in [3.63, 3.8) is 0 Å². The molecule has 1 unspecified atom stereocenters. The van der Waals surface area contributed by atoms with E-state index in [0.29, 0.717) is 18.4 Å². The van der Waals surface area contributed by atoms with Crippen LogP contribution in [-0.2, 0) is 4.79 Å². The van der Waals surface area contributed by atoms with Crippen LogP contribution >= 0.6 is 0 Å². The summed E-state index contributed by atoms with van der Waals surface area (Å²) >= 11 is 0. The second-order valence-electron chi connectivity index (χ2n) is 4.13. The van der Waals surface area contributed by atoms with E-state index in [9.17, 15) is 4.79 Å². The lowest BCUT2D eigenvalue weighted by molar-refractivity contribution is -0.116. The van der Waals surface area contributed by atoms with E-state index < -0.39 is 0 Å². The van der Waals surface area contributed by atoms with Crippen LogP contribution in [0.2, 0.25) is 0 Å². The first-order valence-corrected chi connectivity index (χ1v) is 5.11. The first-order chi connectivity index (χ1) is 5.86. The lowest BCUT2D eigenvalue weighted by atomic mass is 9.83. The molecule has 2 rings (SSSR count). The van der Waals surface area contributed by atoms with Crippen molar-refractivity contribution in [3.8, 4) is 0 Å². The molecule has 0 aromatic rings. The minimum Gasteiger partial charge on any atom is -0.306 e. The highest BCUT2D eigenvalue weighted by Crippen LogP contribution is 2.29. The van der Waals surface area contributed by atoms with Crippen LogP contribution in [0.3, 0.4) is 0 Å². The molecule has 68 valence electrons. The maximum absolute atomic E-state index is 11.0. The highest BCUT2D eigenvalue weighted by Gasteiger charge is 2.29. The number of hydrogen-bond donors (Lipinski definition) is 1. The summed E-state index contributed by atoms with van der Waals surface area (Å²) < 4.78 is 0. The van der Waals surface area contributed by atoms with Gasteiger partial charge in [0.15, 0.2) is 0 Å². The van der Waals surface area contributed by atoms with Crippen molar-refractivity contribution in [3.05, 3.63) is 0 Å². The second kappa shape index (κ2) is 3.56. The molecule has 1 saturated heterocycles. The summed E-state index contributed by atoms with van der Waals surface area (Å²) in [7, 11) is 0. The third kappa shape index (κ3) is 1.69. The van der Waals surface area contributed by atoms with Gasteiger partial charge in [0.25, 0.3) is 0 Å². The summed E-state index contributed by atoms with van der Waals surface area (Å²) in [5.41, 5.74) is 0. The second-order valence-corrected chi connectivity index (χ2v) is 4.13. The van der Waals surface area contributed by atoms with Gasteiger partial charge in [-0.15, -0.1) is 0 Å². The number of rotatable bonds is 1. The third-order valence-corrected chi connectivity index (χ3v) is 3.23. The predicted octanol–water partition coefficient (Wildman–Crippen LogP) is 1.50. The molecule has 12 heavy (non-hydrogen) atoms. The Balaban J connectivity index is 1.86. The highest BCUT2D eigenvalue weighted by atomic mass is 16.1. The standard InChI is InChI=1S/C10H17NO/c12-9-6-10(11-7-9)8-4-2-1-3-5-8/h8,10-11H,1-7H2. The Labute approximate surface area is 73.7 Å². The van der Waals surface area contributed by atoms with E-state index in [1.807, 2.05) is 0 Å². The van der Waals surface area contributed by atoms with Crippen LogP contribution in [0.5, 0.6) is 0 Å². The van der Waals surface area contributed by atoms with Gasteiger partial charge in [-0.3, -0.25) is 4.79 Å². The van der Waals surface area contributed by atoms with Crippen LogP contribution in [0.1, 0.15) is 38.5 Å². The van der Waals surface area contributed by atoms with E-state index in [-0.39, 0.29) is 0 Å². The Morgan fingerprint density at radius 2 is 1.92 bits per heavy atom. The summed E-state index contributed by atoms with van der Waals surface area (Å²) in [5, 5.41) is 3.33. The third-order valence-electron chi connectivity index (χ3n) is 3.23. The molecule has 2 heteroatoms. The summed E-state index contributed by atoms with van der Waals surface area (Å²) in [4.78, 5) is 11.0. The number of carbonyl (C=O) groups excluding carboxylic acids is 1. The first kappa shape index (κ1) is 8.24. The van der Waals surface area contributed by atoms with Crippen molar-refractivity contribution in [1.82, 2.24) is 5.32 Å². The minimum absolute atomic E-state index is 0.408. The van der Waals surface area contributed by atoms with E-state index in [2.05, 4.69) is 5.32 Å². The first-order valence-electron chi connectivity index (χ1n) is 5.11. The lowest BCUT2D eigenvalue weighted by Crippen LogP contribution is -2.31. The van der Waals surface area contributed by atoms with Crippen LogP contribution in [0.25, 0.3) is 0 Å². The van der Waals surface area contributed by atoms with E-state index in [1.54, 1.807) is 0 Å². The van der Waals surface area contributed by atoms with Gasteiger partial charge in [-0.05, 0) is 18.8 Å². The molecule has 0 spiro atoms. The largest absolute Gasteiger partial charge is 0.306 e. The molecule has 1 aliphatic carbocycles. The zero-order valence-electron chi connectivity index (χ0n) is 7.51. The fraction of sp³-hybridized carbons (Fsp3) is 0.900. The molecule has 2 nitrogen and oxygen atoms in total. The zero-order valence-corrected chi connectivity index (χ0v) is 7.51. The normalized spacial score (nSPS) is 32.7. The van der Waals surface area contributed by atoms with Gasteiger partial charge in [-0.1, -0.05) is 19.3 Å². The summed E-state index contributed by atoms with van der Waals surface area (Å²) in [6.07, 6.45) is 7.62. The Morgan fingerprint density at radius 1 is 1.17 bits per heavy atom. The Bertz CT molecular complexity index is 173. The van der Waals surface area contributed by atoms with Crippen LogP contribution in [0.15, 0.2) is 0 Å². The average Bonchev–Trinajstić information content (AvgIpc) is 2.54. The zero-order chi connectivity index (χ0) is 8.39. The smallest absolute Gasteiger partial charge is 0.148 e. The molecular formula is C10H17NO. The monoisotopic (exact) mass is 167 g/mol. The van der Waals surface area contributed by atoms with Gasteiger partial charge in [-0.25, -0.2) is 0 Å². The van der Waals surface area contributed by atoms with Crippen molar-refractivity contribution in [2.75, 3.05) is 6.54 Å². The molecule has 0 aromatic heterocycles. The summed E-state index contributed by atoms with van der Waals surface area (Å²) in [6, 6.07) is 0.526. The Hall–Kier alpha value is -0.370. The van der Waals surface area contributed by atoms with Gasteiger partial charge in [0.1, 0.15) is 5.78 Å². The molecular weight excluding hydrogens is 150 g/mol. The van der Waals surface area contributed by atoms with Gasteiger partial charge in [0, 0.05) is 12.5 Å². The van der Waals surface area contributed by atoms with Crippen molar-refractivity contribution < 1.29 is 4.79 Å². The lowest BCUT2D eigenvalue weighted by Gasteiger charge is -2.26. The minimum atomic E-state index is 0.408. The SMILES string of the molecule is O=C1CNC(C2CCCCC2)C1. The highest BCUT2D eigenvalue weighted by molar-refractivity contribution is 5.83. The van der Waals surface area contributed by atoms with Gasteiger partial charge in [0.2, 0.25) is 0 Å². The molecule has 1 aliphatic heterocycles. The topological polar surface area (TPSA) is 29.1 Å². The number of nitrogens with one attached hydrogen (secondary N) is 1. The fourth-order valence-corrected chi connectivity index (χ4v) is 2.50. The number of ketones is 1. The molecule has 1 heterocycles. The molecule has 0 amide bonds. The van der Waals surface area contributed by atoms with Crippen LogP contribution < -0.4 is 5.32 Å². The maximum Gasteiger partial charge on any atom is 0.148 e. The number of hydrogen-bond acceptors (Lipinski definition) is 2. The van der Waals surface area contributed by atoms with E-state index in [4.69, 9.17) is 0 Å². The van der Waals surface area contributed by atoms with E-state index in [0.717, 1.165) is 12.3 Å². The average molecular weight is 167 g/mol. The molecule has 1 N–H and O–H groups in total. The van der Waals surface area contributed by atoms with Gasteiger partial charge in [0.05, 0.1) is 6.54 Å². The quantitative estimate of drug-likeness (QED) is 0.641. The fourth-order valence-electron chi connectivity index (χ4n) is 2.50. The van der Waals surface area contributed by atoms with Crippen LogP contribution in [0.4, 0.5) is 0 Å². The summed E-state index contributed by atoms with van der Waals surface area (Å²) in [5.74, 6) is 1.20. The molecule has 0 aromatic carbocycles. The number of carbonyl (C=O) groups is 1. The molecule has 2 aliphatic rings. The van der Waals surface area contributed by atoms with E-state index >= 15 is 0 Å². The Kier molecular flexibility index (Phi) is 2.45. The number of Topliss-reactive ketones (excluding diaryl/α,β-unsaturated/α-hetero) is 1. The summed E-state index contributed by atoms with van der Waals surface area (Å²) in [6.45, 7) is 0.626. The van der Waals surface area contributed by atoms with Crippen LogP contribution in [-0.4, -0.2) is 18.4 Å². The maximum atomic E-state index is 11.0. The molecule has 0 radical (unpaired) electrons. The van der Waals surface area contributed by atoms with E-state index in [1.165, 1.54) is 32.1 Å². The van der Waals surface area contributed by atoms with Crippen molar-refractivity contribution in [2.45, 2.75) is 44.6 Å². The molecule has 1 saturated carbocycles.